The fraction of sp³-hybridized carbons (Fsp3) is 0.667. The molecule has 2 nitrogen and oxygen atoms in total. The number of hydrogen-bond acceptors (Lipinski definition) is 1. The molecule has 0 radical (unpaired) electrons. The van der Waals surface area contributed by atoms with Crippen molar-refractivity contribution in [2.24, 2.45) is 5.92 Å². The van der Waals surface area contributed by atoms with Gasteiger partial charge in [0, 0.05) is 13.1 Å². The summed E-state index contributed by atoms with van der Waals surface area (Å²) in [7, 11) is 0. The van der Waals surface area contributed by atoms with Crippen molar-refractivity contribution in [3.05, 3.63) is 12.7 Å². The second-order valence-electron chi connectivity index (χ2n) is 2.97. The summed E-state index contributed by atoms with van der Waals surface area (Å²) in [4.78, 5) is 12.9. The summed E-state index contributed by atoms with van der Waals surface area (Å²) < 4.78 is 0. The quantitative estimate of drug-likeness (QED) is 0.566. The normalized spacial score (nSPS) is 9.82. The number of amides is 1. The van der Waals surface area contributed by atoms with Gasteiger partial charge in [0.1, 0.15) is 0 Å². The summed E-state index contributed by atoms with van der Waals surface area (Å²) in [5, 5.41) is 0. The van der Waals surface area contributed by atoms with Crippen LogP contribution in [0, 0.1) is 5.92 Å². The average molecular weight is 155 g/mol. The molecule has 2 heteroatoms. The van der Waals surface area contributed by atoms with Crippen molar-refractivity contribution in [2.45, 2.75) is 20.8 Å². The lowest BCUT2D eigenvalue weighted by Crippen LogP contribution is -2.32. The van der Waals surface area contributed by atoms with Gasteiger partial charge in [-0.3, -0.25) is 4.79 Å². The zero-order chi connectivity index (χ0) is 8.85. The first-order valence-electron chi connectivity index (χ1n) is 4.03. The van der Waals surface area contributed by atoms with Crippen LogP contribution in [-0.4, -0.2) is 23.9 Å². The summed E-state index contributed by atoms with van der Waals surface area (Å²) >= 11 is 0. The lowest BCUT2D eigenvalue weighted by atomic mass is 10.2. The molecule has 0 heterocycles. The van der Waals surface area contributed by atoms with Gasteiger partial charge >= 0.3 is 0 Å². The highest BCUT2D eigenvalue weighted by atomic mass is 16.2. The first kappa shape index (κ1) is 10.2. The van der Waals surface area contributed by atoms with Gasteiger partial charge < -0.3 is 4.90 Å². The van der Waals surface area contributed by atoms with Crippen molar-refractivity contribution in [1.82, 2.24) is 4.90 Å². The number of hydrogen-bond donors (Lipinski definition) is 0. The van der Waals surface area contributed by atoms with Crippen LogP contribution in [0.5, 0.6) is 0 Å². The van der Waals surface area contributed by atoms with Crippen molar-refractivity contribution in [1.29, 1.82) is 0 Å². The number of carbonyl (C=O) groups excluding carboxylic acids is 1. The third-order valence-corrected chi connectivity index (χ3v) is 1.45. The molecule has 0 aromatic carbocycles. The second-order valence-corrected chi connectivity index (χ2v) is 2.97. The molecule has 1 amide bonds. The standard InChI is InChI=1S/C9H17NO/c1-5-9(11)10(6-2)7-8(3)4/h5,8H,1,6-7H2,2-4H3. The average Bonchev–Trinajstić information content (AvgIpc) is 1.98. The van der Waals surface area contributed by atoms with Gasteiger partial charge in [0.2, 0.25) is 5.91 Å². The molecule has 0 N–H and O–H groups in total. The predicted octanol–water partition coefficient (Wildman–Crippen LogP) is 1.68. The maximum Gasteiger partial charge on any atom is 0.245 e. The molecule has 0 unspecified atom stereocenters. The Bertz CT molecular complexity index is 140. The Balaban J connectivity index is 3.94. The molecule has 0 fully saturated rings. The molecule has 0 bridgehead atoms. The van der Waals surface area contributed by atoms with Crippen molar-refractivity contribution >= 4 is 5.91 Å². The van der Waals surface area contributed by atoms with E-state index in [2.05, 4.69) is 20.4 Å². The Hall–Kier alpha value is -0.790. The third-order valence-electron chi connectivity index (χ3n) is 1.45. The zero-order valence-electron chi connectivity index (χ0n) is 7.63. The van der Waals surface area contributed by atoms with Crippen molar-refractivity contribution in [2.75, 3.05) is 13.1 Å². The predicted molar refractivity (Wildman–Crippen MR) is 47.3 cm³/mol. The van der Waals surface area contributed by atoms with Gasteiger partial charge in [-0.1, -0.05) is 20.4 Å². The zero-order valence-corrected chi connectivity index (χ0v) is 7.63. The summed E-state index contributed by atoms with van der Waals surface area (Å²) in [6.45, 7) is 11.2. The van der Waals surface area contributed by atoms with Crippen LogP contribution in [0.15, 0.2) is 12.7 Å². The molecular formula is C9H17NO. The molecule has 0 saturated heterocycles. The van der Waals surface area contributed by atoms with E-state index in [9.17, 15) is 4.79 Å². The van der Waals surface area contributed by atoms with Crippen molar-refractivity contribution < 1.29 is 4.79 Å². The molecule has 0 aliphatic carbocycles. The van der Waals surface area contributed by atoms with E-state index in [0.29, 0.717) is 5.92 Å². The number of rotatable bonds is 4. The van der Waals surface area contributed by atoms with Crippen LogP contribution in [0.4, 0.5) is 0 Å². The fourth-order valence-corrected chi connectivity index (χ4v) is 0.945. The Morgan fingerprint density at radius 3 is 2.45 bits per heavy atom. The van der Waals surface area contributed by atoms with Crippen LogP contribution in [0.2, 0.25) is 0 Å². The maximum absolute atomic E-state index is 11.1. The van der Waals surface area contributed by atoms with Crippen molar-refractivity contribution in [3.63, 3.8) is 0 Å². The molecule has 0 aliphatic heterocycles. The Kier molecular flexibility index (Phi) is 4.59. The fourth-order valence-electron chi connectivity index (χ4n) is 0.945. The van der Waals surface area contributed by atoms with E-state index in [1.54, 1.807) is 4.90 Å². The Labute approximate surface area is 68.9 Å². The van der Waals surface area contributed by atoms with Gasteiger partial charge in [0.15, 0.2) is 0 Å². The van der Waals surface area contributed by atoms with E-state index in [-0.39, 0.29) is 5.91 Å². The maximum atomic E-state index is 11.1. The molecule has 64 valence electrons. The second kappa shape index (κ2) is 4.94. The minimum atomic E-state index is 0.0289. The molecule has 0 spiro atoms. The van der Waals surface area contributed by atoms with Crippen molar-refractivity contribution in [3.8, 4) is 0 Å². The van der Waals surface area contributed by atoms with Crippen LogP contribution >= 0.6 is 0 Å². The minimum Gasteiger partial charge on any atom is -0.339 e. The molecule has 11 heavy (non-hydrogen) atoms. The third kappa shape index (κ3) is 3.81. The van der Waals surface area contributed by atoms with Gasteiger partial charge in [-0.05, 0) is 18.9 Å². The summed E-state index contributed by atoms with van der Waals surface area (Å²) in [6.07, 6.45) is 1.37. The van der Waals surface area contributed by atoms with E-state index in [4.69, 9.17) is 0 Å². The lowest BCUT2D eigenvalue weighted by Gasteiger charge is -2.20. The SMILES string of the molecule is C=CC(=O)N(CC)CC(C)C. The molecule has 0 atom stereocenters. The van der Waals surface area contributed by atoms with Gasteiger partial charge in [0.25, 0.3) is 0 Å². The van der Waals surface area contributed by atoms with Crippen LogP contribution in [-0.2, 0) is 4.79 Å². The van der Waals surface area contributed by atoms with Crippen LogP contribution < -0.4 is 0 Å². The van der Waals surface area contributed by atoms with E-state index < -0.39 is 0 Å². The molecule has 0 saturated carbocycles. The largest absolute Gasteiger partial charge is 0.339 e. The monoisotopic (exact) mass is 155 g/mol. The molecule has 0 rings (SSSR count). The Morgan fingerprint density at radius 1 is 1.64 bits per heavy atom. The van der Waals surface area contributed by atoms with E-state index in [1.807, 2.05) is 6.92 Å². The highest BCUT2D eigenvalue weighted by Crippen LogP contribution is 1.98. The number of carbonyl (C=O) groups is 1. The van der Waals surface area contributed by atoms with Gasteiger partial charge in [-0.15, -0.1) is 0 Å². The Morgan fingerprint density at radius 2 is 2.18 bits per heavy atom. The smallest absolute Gasteiger partial charge is 0.245 e. The molecule has 0 aliphatic rings. The summed E-state index contributed by atoms with van der Waals surface area (Å²) in [5.74, 6) is 0.556. The van der Waals surface area contributed by atoms with Crippen LogP contribution in [0.3, 0.4) is 0 Å². The van der Waals surface area contributed by atoms with Crippen LogP contribution in [0.1, 0.15) is 20.8 Å². The first-order chi connectivity index (χ1) is 5.11. The van der Waals surface area contributed by atoms with Gasteiger partial charge in [0.05, 0.1) is 0 Å². The number of nitrogens with zero attached hydrogens (tertiary/aromatic N) is 1. The molecular weight excluding hydrogens is 138 g/mol. The highest BCUT2D eigenvalue weighted by molar-refractivity contribution is 5.86. The van der Waals surface area contributed by atoms with E-state index >= 15 is 0 Å². The summed E-state index contributed by atoms with van der Waals surface area (Å²) in [5.41, 5.74) is 0. The van der Waals surface area contributed by atoms with Gasteiger partial charge in [-0.25, -0.2) is 0 Å². The van der Waals surface area contributed by atoms with E-state index in [1.165, 1.54) is 6.08 Å². The lowest BCUT2D eigenvalue weighted by molar-refractivity contribution is -0.126. The van der Waals surface area contributed by atoms with Crippen LogP contribution in [0.25, 0.3) is 0 Å². The molecule has 0 aromatic rings. The summed E-state index contributed by atoms with van der Waals surface area (Å²) in [6, 6.07) is 0. The molecule has 0 aromatic heterocycles. The topological polar surface area (TPSA) is 20.3 Å². The highest BCUT2D eigenvalue weighted by Gasteiger charge is 2.08. The number of likely N-dealkylation sites (N-methyl/N-ethyl adjacent to an activating group) is 1. The van der Waals surface area contributed by atoms with Gasteiger partial charge in [-0.2, -0.15) is 0 Å². The first-order valence-corrected chi connectivity index (χ1v) is 4.03. The van der Waals surface area contributed by atoms with E-state index in [0.717, 1.165) is 13.1 Å². The minimum absolute atomic E-state index is 0.0289.